The van der Waals surface area contributed by atoms with Crippen LogP contribution in [0.2, 0.25) is 0 Å². The molecule has 1 aliphatic carbocycles. The van der Waals surface area contributed by atoms with Crippen molar-refractivity contribution in [2.24, 2.45) is 5.92 Å². The van der Waals surface area contributed by atoms with E-state index in [0.717, 1.165) is 10.1 Å². The quantitative estimate of drug-likeness (QED) is 0.794. The normalized spacial score (nSPS) is 20.5. The van der Waals surface area contributed by atoms with Crippen LogP contribution in [0.1, 0.15) is 24.8 Å². The molecular weight excluding hydrogens is 198 g/mol. The molecule has 0 spiro atoms. The summed E-state index contributed by atoms with van der Waals surface area (Å²) in [4.78, 5) is 0. The fraction of sp³-hybridized carbons (Fsp3) is 0.778. The van der Waals surface area contributed by atoms with Crippen LogP contribution < -0.4 is 5.32 Å². The average molecular weight is 213 g/mol. The Morgan fingerprint density at radius 1 is 1.57 bits per heavy atom. The van der Waals surface area contributed by atoms with Crippen molar-refractivity contribution >= 4 is 16.5 Å². The Morgan fingerprint density at radius 3 is 2.71 bits per heavy atom. The highest BCUT2D eigenvalue weighted by molar-refractivity contribution is 7.15. The van der Waals surface area contributed by atoms with Crippen molar-refractivity contribution in [2.45, 2.75) is 32.2 Å². The molecule has 2 rings (SSSR count). The maximum absolute atomic E-state index is 9.36. The molecular formula is C9H15N3OS. The van der Waals surface area contributed by atoms with Crippen LogP contribution in [0.15, 0.2) is 0 Å². The van der Waals surface area contributed by atoms with Gasteiger partial charge in [-0.1, -0.05) is 11.3 Å². The van der Waals surface area contributed by atoms with Crippen LogP contribution in [-0.4, -0.2) is 27.4 Å². The number of hydrogen-bond donors (Lipinski definition) is 2. The first kappa shape index (κ1) is 9.86. The zero-order valence-corrected chi connectivity index (χ0v) is 9.27. The van der Waals surface area contributed by atoms with E-state index in [0.29, 0.717) is 5.92 Å². The van der Waals surface area contributed by atoms with Gasteiger partial charge in [-0.25, -0.2) is 0 Å². The molecule has 0 amide bonds. The van der Waals surface area contributed by atoms with Crippen molar-refractivity contribution in [3.63, 3.8) is 0 Å². The lowest BCUT2D eigenvalue weighted by Crippen LogP contribution is -2.41. The van der Waals surface area contributed by atoms with Gasteiger partial charge in [-0.05, 0) is 32.6 Å². The zero-order valence-electron chi connectivity index (χ0n) is 8.45. The van der Waals surface area contributed by atoms with E-state index in [2.05, 4.69) is 15.5 Å². The van der Waals surface area contributed by atoms with Crippen LogP contribution in [0, 0.1) is 12.8 Å². The second kappa shape index (κ2) is 3.47. The molecule has 14 heavy (non-hydrogen) atoms. The summed E-state index contributed by atoms with van der Waals surface area (Å²) >= 11 is 1.53. The van der Waals surface area contributed by atoms with Crippen molar-refractivity contribution in [1.82, 2.24) is 10.2 Å². The third-order valence-electron chi connectivity index (χ3n) is 2.73. The number of hydrogen-bond acceptors (Lipinski definition) is 5. The smallest absolute Gasteiger partial charge is 0.206 e. The van der Waals surface area contributed by atoms with Crippen molar-refractivity contribution in [3.8, 4) is 0 Å². The Labute approximate surface area is 87.4 Å². The first-order valence-corrected chi connectivity index (χ1v) is 5.65. The van der Waals surface area contributed by atoms with E-state index in [1.165, 1.54) is 24.2 Å². The number of aliphatic hydroxyl groups excluding tert-OH is 1. The van der Waals surface area contributed by atoms with Gasteiger partial charge in [-0.2, -0.15) is 0 Å². The maximum atomic E-state index is 9.36. The first-order chi connectivity index (χ1) is 6.64. The fourth-order valence-corrected chi connectivity index (χ4v) is 2.31. The Morgan fingerprint density at radius 2 is 2.29 bits per heavy atom. The molecule has 1 aromatic rings. The lowest BCUT2D eigenvalue weighted by atomic mass is 9.97. The van der Waals surface area contributed by atoms with E-state index in [1.54, 1.807) is 0 Å². The van der Waals surface area contributed by atoms with Crippen LogP contribution >= 0.6 is 11.3 Å². The molecule has 0 aliphatic heterocycles. The van der Waals surface area contributed by atoms with Gasteiger partial charge in [0.1, 0.15) is 5.01 Å². The van der Waals surface area contributed by atoms with Gasteiger partial charge >= 0.3 is 0 Å². The van der Waals surface area contributed by atoms with E-state index in [4.69, 9.17) is 0 Å². The third kappa shape index (κ3) is 1.88. The lowest BCUT2D eigenvalue weighted by Gasteiger charge is -2.28. The Hall–Kier alpha value is -0.680. The van der Waals surface area contributed by atoms with Gasteiger partial charge in [0.2, 0.25) is 5.13 Å². The molecule has 0 radical (unpaired) electrons. The highest BCUT2D eigenvalue weighted by atomic mass is 32.1. The lowest BCUT2D eigenvalue weighted by molar-refractivity contribution is 0.206. The molecule has 78 valence electrons. The second-order valence-electron chi connectivity index (χ2n) is 4.10. The third-order valence-corrected chi connectivity index (χ3v) is 3.48. The second-order valence-corrected chi connectivity index (χ2v) is 5.28. The number of aryl methyl sites for hydroxylation is 1. The summed E-state index contributed by atoms with van der Waals surface area (Å²) in [5.74, 6) is 0.580. The number of nitrogens with one attached hydrogen (secondary N) is 1. The molecule has 1 atom stereocenters. The largest absolute Gasteiger partial charge is 0.394 e. The van der Waals surface area contributed by atoms with Gasteiger partial charge in [0.15, 0.2) is 0 Å². The molecule has 2 N–H and O–H groups in total. The minimum Gasteiger partial charge on any atom is -0.394 e. The van der Waals surface area contributed by atoms with Crippen LogP contribution in [0.25, 0.3) is 0 Å². The van der Waals surface area contributed by atoms with E-state index >= 15 is 0 Å². The molecule has 1 fully saturated rings. The summed E-state index contributed by atoms with van der Waals surface area (Å²) in [5.41, 5.74) is -0.216. The summed E-state index contributed by atoms with van der Waals surface area (Å²) in [6.07, 6.45) is 2.39. The molecule has 0 aromatic carbocycles. The van der Waals surface area contributed by atoms with Crippen molar-refractivity contribution in [3.05, 3.63) is 5.01 Å². The van der Waals surface area contributed by atoms with Crippen molar-refractivity contribution in [2.75, 3.05) is 11.9 Å². The summed E-state index contributed by atoms with van der Waals surface area (Å²) in [7, 11) is 0. The van der Waals surface area contributed by atoms with Gasteiger partial charge in [0.25, 0.3) is 0 Å². The van der Waals surface area contributed by atoms with E-state index in [9.17, 15) is 5.11 Å². The summed E-state index contributed by atoms with van der Waals surface area (Å²) in [6, 6.07) is 0. The number of anilines is 1. The molecule has 0 bridgehead atoms. The Bertz CT molecular complexity index is 324. The van der Waals surface area contributed by atoms with Crippen LogP contribution in [0.4, 0.5) is 5.13 Å². The molecule has 1 aliphatic rings. The van der Waals surface area contributed by atoms with Crippen LogP contribution in [0.5, 0.6) is 0 Å². The minimum absolute atomic E-state index is 0.149. The molecule has 1 saturated carbocycles. The summed E-state index contributed by atoms with van der Waals surface area (Å²) in [6.45, 7) is 4.12. The van der Waals surface area contributed by atoms with Gasteiger partial charge < -0.3 is 10.4 Å². The van der Waals surface area contributed by atoms with Crippen molar-refractivity contribution in [1.29, 1.82) is 0 Å². The number of rotatable bonds is 4. The van der Waals surface area contributed by atoms with Crippen molar-refractivity contribution < 1.29 is 5.11 Å². The fourth-order valence-electron chi connectivity index (χ4n) is 1.58. The molecule has 1 heterocycles. The number of nitrogens with zero attached hydrogens (tertiary/aromatic N) is 2. The molecule has 4 nitrogen and oxygen atoms in total. The average Bonchev–Trinajstić information content (AvgIpc) is 2.93. The van der Waals surface area contributed by atoms with Gasteiger partial charge in [-0.3, -0.25) is 0 Å². The van der Waals surface area contributed by atoms with E-state index in [1.807, 2.05) is 13.8 Å². The highest BCUT2D eigenvalue weighted by Gasteiger charge is 2.41. The predicted molar refractivity (Wildman–Crippen MR) is 56.5 cm³/mol. The molecule has 5 heteroatoms. The SMILES string of the molecule is Cc1nnc(NC(C)(CO)C2CC2)s1. The van der Waals surface area contributed by atoms with Gasteiger partial charge in [-0.15, -0.1) is 10.2 Å². The summed E-state index contributed by atoms with van der Waals surface area (Å²) in [5, 5.41) is 22.3. The first-order valence-electron chi connectivity index (χ1n) is 4.83. The zero-order chi connectivity index (χ0) is 10.2. The molecule has 1 unspecified atom stereocenters. The Balaban J connectivity index is 2.07. The van der Waals surface area contributed by atoms with E-state index in [-0.39, 0.29) is 12.1 Å². The van der Waals surface area contributed by atoms with E-state index < -0.39 is 0 Å². The van der Waals surface area contributed by atoms with Gasteiger partial charge in [0.05, 0.1) is 12.1 Å². The maximum Gasteiger partial charge on any atom is 0.206 e. The summed E-state index contributed by atoms with van der Waals surface area (Å²) < 4.78 is 0. The van der Waals surface area contributed by atoms with Crippen LogP contribution in [-0.2, 0) is 0 Å². The highest BCUT2D eigenvalue weighted by Crippen LogP contribution is 2.41. The topological polar surface area (TPSA) is 58.0 Å². The van der Waals surface area contributed by atoms with Gasteiger partial charge in [0, 0.05) is 0 Å². The standard InChI is InChI=1S/C9H15N3OS/c1-6-11-12-8(14-6)10-9(2,5-13)7-3-4-7/h7,13H,3-5H2,1-2H3,(H,10,12). The molecule has 0 saturated heterocycles. The Kier molecular flexibility index (Phi) is 2.45. The minimum atomic E-state index is -0.216. The monoisotopic (exact) mass is 213 g/mol. The number of aromatic nitrogens is 2. The number of aliphatic hydroxyl groups is 1. The predicted octanol–water partition coefficient (Wildman–Crippen LogP) is 1.42. The van der Waals surface area contributed by atoms with Crippen LogP contribution in [0.3, 0.4) is 0 Å². The molecule has 1 aromatic heterocycles.